The maximum absolute atomic E-state index is 12.2. The summed E-state index contributed by atoms with van der Waals surface area (Å²) in [5.41, 5.74) is 3.38. The normalized spacial score (nSPS) is 10.6. The van der Waals surface area contributed by atoms with Crippen molar-refractivity contribution in [2.75, 3.05) is 5.32 Å². The fourth-order valence-electron chi connectivity index (χ4n) is 2.84. The number of aryl methyl sites for hydroxylation is 2. The number of pyridine rings is 1. The number of nitrogens with one attached hydrogen (secondary N) is 1. The van der Waals surface area contributed by atoms with E-state index in [2.05, 4.69) is 22.3 Å². The van der Waals surface area contributed by atoms with Crippen LogP contribution in [0.3, 0.4) is 0 Å². The summed E-state index contributed by atoms with van der Waals surface area (Å²) >= 11 is 0. The van der Waals surface area contributed by atoms with Crippen LogP contribution in [0.4, 0.5) is 5.69 Å². The van der Waals surface area contributed by atoms with Crippen molar-refractivity contribution >= 4 is 11.6 Å². The van der Waals surface area contributed by atoms with E-state index in [1.807, 2.05) is 36.4 Å². The Morgan fingerprint density at radius 2 is 1.85 bits per heavy atom. The van der Waals surface area contributed by atoms with Crippen LogP contribution >= 0.6 is 0 Å². The second kappa shape index (κ2) is 8.89. The van der Waals surface area contributed by atoms with Crippen molar-refractivity contribution in [1.29, 1.82) is 0 Å². The zero-order valence-electron chi connectivity index (χ0n) is 15.3. The van der Waals surface area contributed by atoms with Crippen LogP contribution in [0.15, 0.2) is 65.7 Å². The van der Waals surface area contributed by atoms with Gasteiger partial charge in [-0.15, -0.1) is 0 Å². The smallest absolute Gasteiger partial charge is 0.266 e. The fraction of sp³-hybridized carbons (Fsp3) is 0.238. The molecule has 1 N–H and O–H groups in total. The predicted octanol–water partition coefficient (Wildman–Crippen LogP) is 3.29. The highest BCUT2D eigenvalue weighted by atomic mass is 16.1. The lowest BCUT2D eigenvalue weighted by molar-refractivity contribution is -0.116. The Bertz CT molecular complexity index is 967. The lowest BCUT2D eigenvalue weighted by Crippen LogP contribution is -2.23. The van der Waals surface area contributed by atoms with Crippen molar-refractivity contribution in [3.63, 3.8) is 0 Å². The molecule has 0 saturated heterocycles. The van der Waals surface area contributed by atoms with Gasteiger partial charge < -0.3 is 5.32 Å². The van der Waals surface area contributed by atoms with E-state index in [9.17, 15) is 9.59 Å². The van der Waals surface area contributed by atoms with Gasteiger partial charge in [-0.05, 0) is 42.7 Å². The summed E-state index contributed by atoms with van der Waals surface area (Å²) in [6, 6.07) is 14.7. The van der Waals surface area contributed by atoms with Gasteiger partial charge in [0.25, 0.3) is 5.56 Å². The summed E-state index contributed by atoms with van der Waals surface area (Å²) in [6.45, 7) is 2.44. The standard InChI is InChI=1S/C21H22N4O2/c1-2-16-6-3-4-7-18(16)23-20(26)8-5-15-25-21(27)10-9-19(24-25)17-11-13-22-14-12-17/h3-4,6-7,9-14H,2,5,8,15H2,1H3,(H,23,26). The van der Waals surface area contributed by atoms with E-state index in [4.69, 9.17) is 0 Å². The summed E-state index contributed by atoms with van der Waals surface area (Å²) in [5, 5.41) is 7.34. The summed E-state index contributed by atoms with van der Waals surface area (Å²) in [4.78, 5) is 28.2. The Balaban J connectivity index is 1.60. The van der Waals surface area contributed by atoms with Crippen molar-refractivity contribution in [3.8, 4) is 11.3 Å². The lowest BCUT2D eigenvalue weighted by atomic mass is 10.1. The molecule has 2 aromatic heterocycles. The average molecular weight is 362 g/mol. The minimum Gasteiger partial charge on any atom is -0.326 e. The summed E-state index contributed by atoms with van der Waals surface area (Å²) in [6.07, 6.45) is 5.09. The Hall–Kier alpha value is -3.28. The Kier molecular flexibility index (Phi) is 6.10. The number of amides is 1. The van der Waals surface area contributed by atoms with Gasteiger partial charge in [-0.1, -0.05) is 25.1 Å². The van der Waals surface area contributed by atoms with E-state index >= 15 is 0 Å². The molecular weight excluding hydrogens is 340 g/mol. The van der Waals surface area contributed by atoms with Crippen molar-refractivity contribution < 1.29 is 4.79 Å². The first kappa shape index (κ1) is 18.5. The maximum atomic E-state index is 12.2. The van der Waals surface area contributed by atoms with E-state index in [1.54, 1.807) is 18.5 Å². The molecule has 3 rings (SSSR count). The Morgan fingerprint density at radius 1 is 1.07 bits per heavy atom. The highest BCUT2D eigenvalue weighted by Crippen LogP contribution is 2.16. The third kappa shape index (κ3) is 4.88. The highest BCUT2D eigenvalue weighted by molar-refractivity contribution is 5.91. The van der Waals surface area contributed by atoms with Gasteiger partial charge in [-0.3, -0.25) is 14.6 Å². The van der Waals surface area contributed by atoms with Crippen LogP contribution in [-0.2, 0) is 17.8 Å². The van der Waals surface area contributed by atoms with Crippen LogP contribution < -0.4 is 10.9 Å². The van der Waals surface area contributed by atoms with E-state index in [0.717, 1.165) is 23.2 Å². The number of para-hydroxylation sites is 1. The van der Waals surface area contributed by atoms with Gasteiger partial charge in [0.15, 0.2) is 0 Å². The molecule has 0 bridgehead atoms. The molecule has 0 aliphatic carbocycles. The Morgan fingerprint density at radius 3 is 2.63 bits per heavy atom. The number of aromatic nitrogens is 3. The van der Waals surface area contributed by atoms with E-state index in [1.165, 1.54) is 10.7 Å². The first-order valence-electron chi connectivity index (χ1n) is 9.03. The largest absolute Gasteiger partial charge is 0.326 e. The number of hydrogen-bond donors (Lipinski definition) is 1. The number of nitrogens with zero attached hydrogens (tertiary/aromatic N) is 3. The minimum absolute atomic E-state index is 0.0609. The van der Waals surface area contributed by atoms with Gasteiger partial charge in [0.2, 0.25) is 5.91 Å². The van der Waals surface area contributed by atoms with Gasteiger partial charge in [0.1, 0.15) is 0 Å². The van der Waals surface area contributed by atoms with Crippen LogP contribution in [0.25, 0.3) is 11.3 Å². The minimum atomic E-state index is -0.176. The van der Waals surface area contributed by atoms with Crippen LogP contribution in [-0.4, -0.2) is 20.7 Å². The first-order chi connectivity index (χ1) is 13.2. The van der Waals surface area contributed by atoms with Crippen molar-refractivity contribution in [2.24, 2.45) is 0 Å². The molecule has 3 aromatic rings. The molecule has 138 valence electrons. The van der Waals surface area contributed by atoms with Crippen LogP contribution in [0.5, 0.6) is 0 Å². The van der Waals surface area contributed by atoms with E-state index in [0.29, 0.717) is 25.1 Å². The van der Waals surface area contributed by atoms with Crippen LogP contribution in [0, 0.1) is 0 Å². The lowest BCUT2D eigenvalue weighted by Gasteiger charge is -2.10. The highest BCUT2D eigenvalue weighted by Gasteiger charge is 2.07. The summed E-state index contributed by atoms with van der Waals surface area (Å²) < 4.78 is 1.41. The first-order valence-corrected chi connectivity index (χ1v) is 9.03. The molecule has 0 atom stereocenters. The fourth-order valence-corrected chi connectivity index (χ4v) is 2.84. The third-order valence-electron chi connectivity index (χ3n) is 4.29. The van der Waals surface area contributed by atoms with E-state index in [-0.39, 0.29) is 11.5 Å². The average Bonchev–Trinajstić information content (AvgIpc) is 2.70. The molecule has 0 unspecified atom stereocenters. The molecule has 6 heteroatoms. The van der Waals surface area contributed by atoms with E-state index < -0.39 is 0 Å². The third-order valence-corrected chi connectivity index (χ3v) is 4.29. The van der Waals surface area contributed by atoms with Gasteiger partial charge in [0.05, 0.1) is 5.69 Å². The molecule has 1 aromatic carbocycles. The molecule has 0 saturated carbocycles. The molecule has 2 heterocycles. The quantitative estimate of drug-likeness (QED) is 0.700. The molecular formula is C21H22N4O2. The van der Waals surface area contributed by atoms with Crippen molar-refractivity contribution in [3.05, 3.63) is 76.8 Å². The second-order valence-corrected chi connectivity index (χ2v) is 6.18. The van der Waals surface area contributed by atoms with Crippen molar-refractivity contribution in [2.45, 2.75) is 32.7 Å². The van der Waals surface area contributed by atoms with Gasteiger partial charge >= 0.3 is 0 Å². The van der Waals surface area contributed by atoms with Crippen LogP contribution in [0.2, 0.25) is 0 Å². The topological polar surface area (TPSA) is 76.9 Å². The summed E-state index contributed by atoms with van der Waals surface area (Å²) in [5.74, 6) is -0.0609. The number of rotatable bonds is 7. The monoisotopic (exact) mass is 362 g/mol. The Labute approximate surface area is 157 Å². The van der Waals surface area contributed by atoms with Crippen LogP contribution in [0.1, 0.15) is 25.3 Å². The van der Waals surface area contributed by atoms with Crippen molar-refractivity contribution in [1.82, 2.24) is 14.8 Å². The molecule has 1 amide bonds. The zero-order valence-corrected chi connectivity index (χ0v) is 15.3. The van der Waals surface area contributed by atoms with Gasteiger partial charge in [-0.25, -0.2) is 4.68 Å². The SMILES string of the molecule is CCc1ccccc1NC(=O)CCCn1nc(-c2ccncc2)ccc1=O. The summed E-state index contributed by atoms with van der Waals surface area (Å²) in [7, 11) is 0. The number of anilines is 1. The number of hydrogen-bond acceptors (Lipinski definition) is 4. The number of carbonyl (C=O) groups excluding carboxylic acids is 1. The molecule has 0 aliphatic rings. The zero-order chi connectivity index (χ0) is 19.1. The molecule has 0 fully saturated rings. The second-order valence-electron chi connectivity index (χ2n) is 6.18. The molecule has 6 nitrogen and oxygen atoms in total. The number of carbonyl (C=O) groups is 1. The van der Waals surface area contributed by atoms with Gasteiger partial charge in [-0.2, -0.15) is 5.10 Å². The molecule has 0 spiro atoms. The van der Waals surface area contributed by atoms with Gasteiger partial charge in [0, 0.05) is 42.7 Å². The number of benzene rings is 1. The maximum Gasteiger partial charge on any atom is 0.266 e. The molecule has 0 aliphatic heterocycles. The molecule has 0 radical (unpaired) electrons. The molecule has 27 heavy (non-hydrogen) atoms. The predicted molar refractivity (Wildman–Crippen MR) is 105 cm³/mol.